The third-order valence-corrected chi connectivity index (χ3v) is 4.33. The number of benzene rings is 2. The van der Waals surface area contributed by atoms with E-state index < -0.39 is 0 Å². The molecule has 2 aromatic rings. The number of rotatable bonds is 2. The number of aryl methyl sites for hydroxylation is 2. The fourth-order valence-corrected chi connectivity index (χ4v) is 3.03. The van der Waals surface area contributed by atoms with Gasteiger partial charge in [-0.15, -0.1) is 0 Å². The lowest BCUT2D eigenvalue weighted by Gasteiger charge is -2.17. The van der Waals surface area contributed by atoms with Crippen molar-refractivity contribution >= 4 is 21.6 Å². The molecule has 1 aliphatic rings. The summed E-state index contributed by atoms with van der Waals surface area (Å²) < 4.78 is 14.3. The van der Waals surface area contributed by atoms with Crippen molar-refractivity contribution in [1.82, 2.24) is 0 Å². The molecule has 0 fully saturated rings. The van der Waals surface area contributed by atoms with E-state index in [0.29, 0.717) is 0 Å². The first-order chi connectivity index (χ1) is 9.13. The molecule has 0 bridgehead atoms. The van der Waals surface area contributed by atoms with Crippen molar-refractivity contribution in [3.8, 4) is 0 Å². The van der Waals surface area contributed by atoms with E-state index in [9.17, 15) is 4.39 Å². The zero-order chi connectivity index (χ0) is 13.4. The summed E-state index contributed by atoms with van der Waals surface area (Å²) in [5, 5.41) is 3.56. The summed E-state index contributed by atoms with van der Waals surface area (Å²) in [6.07, 6.45) is 1.95. The standard InChI is InChI=1S/C16H15BrFN/c1-10-2-6-14(17)16(8-10)19-15-7-3-11-9-12(18)4-5-13(11)15/h2,4-6,8-9,15,19H,3,7H2,1H3. The third-order valence-electron chi connectivity index (χ3n) is 3.63. The van der Waals surface area contributed by atoms with E-state index in [2.05, 4.69) is 46.4 Å². The normalized spacial score (nSPS) is 17.3. The Bertz CT molecular complexity index is 624. The fraction of sp³-hybridized carbons (Fsp3) is 0.250. The maximum Gasteiger partial charge on any atom is 0.123 e. The number of anilines is 1. The minimum Gasteiger partial charge on any atom is -0.377 e. The molecule has 1 aliphatic carbocycles. The molecule has 3 heteroatoms. The van der Waals surface area contributed by atoms with Gasteiger partial charge in [0.1, 0.15) is 5.82 Å². The Balaban J connectivity index is 1.88. The highest BCUT2D eigenvalue weighted by molar-refractivity contribution is 9.10. The van der Waals surface area contributed by atoms with Crippen LogP contribution in [0.3, 0.4) is 0 Å². The Hall–Kier alpha value is -1.35. The van der Waals surface area contributed by atoms with Gasteiger partial charge in [0, 0.05) is 10.2 Å². The minimum absolute atomic E-state index is 0.142. The molecular weight excluding hydrogens is 305 g/mol. The lowest BCUT2D eigenvalue weighted by molar-refractivity contribution is 0.626. The summed E-state index contributed by atoms with van der Waals surface area (Å²) in [6, 6.07) is 11.6. The fourth-order valence-electron chi connectivity index (χ4n) is 2.67. The van der Waals surface area contributed by atoms with Crippen molar-refractivity contribution < 1.29 is 4.39 Å². The first-order valence-electron chi connectivity index (χ1n) is 6.44. The molecule has 0 aromatic heterocycles. The topological polar surface area (TPSA) is 12.0 Å². The van der Waals surface area contributed by atoms with Gasteiger partial charge < -0.3 is 5.32 Å². The molecule has 1 unspecified atom stereocenters. The summed E-state index contributed by atoms with van der Waals surface area (Å²) in [4.78, 5) is 0. The van der Waals surface area contributed by atoms with Gasteiger partial charge >= 0.3 is 0 Å². The molecule has 0 heterocycles. The van der Waals surface area contributed by atoms with Crippen LogP contribution in [0.5, 0.6) is 0 Å². The van der Waals surface area contributed by atoms with Crippen molar-refractivity contribution in [2.45, 2.75) is 25.8 Å². The molecule has 2 aromatic carbocycles. The van der Waals surface area contributed by atoms with E-state index >= 15 is 0 Å². The third kappa shape index (κ3) is 2.52. The summed E-state index contributed by atoms with van der Waals surface area (Å²) in [6.45, 7) is 2.08. The number of hydrogen-bond acceptors (Lipinski definition) is 1. The minimum atomic E-state index is -0.142. The van der Waals surface area contributed by atoms with E-state index in [1.165, 1.54) is 11.1 Å². The zero-order valence-corrected chi connectivity index (χ0v) is 12.3. The molecule has 1 N–H and O–H groups in total. The summed E-state index contributed by atoms with van der Waals surface area (Å²) >= 11 is 3.57. The summed E-state index contributed by atoms with van der Waals surface area (Å²) in [5.74, 6) is -0.142. The van der Waals surface area contributed by atoms with Gasteiger partial charge in [-0.3, -0.25) is 0 Å². The predicted octanol–water partition coefficient (Wildman–Crippen LogP) is 5.00. The second kappa shape index (κ2) is 4.97. The highest BCUT2D eigenvalue weighted by atomic mass is 79.9. The molecule has 0 aliphatic heterocycles. The average Bonchev–Trinajstić information content (AvgIpc) is 2.76. The first-order valence-corrected chi connectivity index (χ1v) is 7.24. The van der Waals surface area contributed by atoms with Crippen LogP contribution in [0.2, 0.25) is 0 Å². The number of halogens is 2. The van der Waals surface area contributed by atoms with Crippen LogP contribution < -0.4 is 5.32 Å². The second-order valence-corrected chi connectivity index (χ2v) is 5.92. The van der Waals surface area contributed by atoms with Crippen LogP contribution in [0.25, 0.3) is 0 Å². The number of hydrogen-bond donors (Lipinski definition) is 1. The van der Waals surface area contributed by atoms with Crippen molar-refractivity contribution in [1.29, 1.82) is 0 Å². The molecule has 0 saturated carbocycles. The maximum atomic E-state index is 13.2. The second-order valence-electron chi connectivity index (χ2n) is 5.06. The van der Waals surface area contributed by atoms with Crippen LogP contribution in [-0.2, 0) is 6.42 Å². The predicted molar refractivity (Wildman–Crippen MR) is 80.0 cm³/mol. The van der Waals surface area contributed by atoms with Gasteiger partial charge in [-0.25, -0.2) is 4.39 Å². The van der Waals surface area contributed by atoms with Gasteiger partial charge in [0.25, 0.3) is 0 Å². The van der Waals surface area contributed by atoms with Gasteiger partial charge in [-0.2, -0.15) is 0 Å². The summed E-state index contributed by atoms with van der Waals surface area (Å²) in [7, 11) is 0. The first kappa shape index (κ1) is 12.7. The Kier molecular flexibility index (Phi) is 3.31. The lowest BCUT2D eigenvalue weighted by atomic mass is 10.1. The smallest absolute Gasteiger partial charge is 0.123 e. The van der Waals surface area contributed by atoms with Gasteiger partial charge in [-0.1, -0.05) is 12.1 Å². The van der Waals surface area contributed by atoms with Gasteiger partial charge in [0.2, 0.25) is 0 Å². The number of fused-ring (bicyclic) bond motifs is 1. The van der Waals surface area contributed by atoms with E-state index in [-0.39, 0.29) is 11.9 Å². The average molecular weight is 320 g/mol. The van der Waals surface area contributed by atoms with Gasteiger partial charge in [0.15, 0.2) is 0 Å². The monoisotopic (exact) mass is 319 g/mol. The molecule has 1 atom stereocenters. The van der Waals surface area contributed by atoms with Gasteiger partial charge in [0.05, 0.1) is 6.04 Å². The molecule has 0 radical (unpaired) electrons. The Labute approximate surface area is 121 Å². The van der Waals surface area contributed by atoms with Crippen LogP contribution in [0.4, 0.5) is 10.1 Å². The molecule has 0 spiro atoms. The quantitative estimate of drug-likeness (QED) is 0.821. The van der Waals surface area contributed by atoms with Crippen molar-refractivity contribution in [2.75, 3.05) is 5.32 Å². The highest BCUT2D eigenvalue weighted by Crippen LogP contribution is 2.36. The lowest BCUT2D eigenvalue weighted by Crippen LogP contribution is -2.07. The molecule has 0 saturated heterocycles. The Morgan fingerprint density at radius 1 is 1.21 bits per heavy atom. The molecule has 3 rings (SSSR count). The van der Waals surface area contributed by atoms with Crippen molar-refractivity contribution in [2.24, 2.45) is 0 Å². The van der Waals surface area contributed by atoms with E-state index in [1.807, 2.05) is 6.07 Å². The SMILES string of the molecule is Cc1ccc(Br)c(NC2CCc3cc(F)ccc32)c1. The van der Waals surface area contributed by atoms with Crippen LogP contribution in [0.1, 0.15) is 29.2 Å². The summed E-state index contributed by atoms with van der Waals surface area (Å²) in [5.41, 5.74) is 4.67. The van der Waals surface area contributed by atoms with Crippen molar-refractivity contribution in [3.63, 3.8) is 0 Å². The van der Waals surface area contributed by atoms with Gasteiger partial charge in [-0.05, 0) is 76.7 Å². The molecule has 19 heavy (non-hydrogen) atoms. The Morgan fingerprint density at radius 3 is 2.89 bits per heavy atom. The maximum absolute atomic E-state index is 13.2. The van der Waals surface area contributed by atoms with E-state index in [1.54, 1.807) is 12.1 Å². The molecule has 1 nitrogen and oxygen atoms in total. The largest absolute Gasteiger partial charge is 0.377 e. The zero-order valence-electron chi connectivity index (χ0n) is 10.7. The Morgan fingerprint density at radius 2 is 2.05 bits per heavy atom. The van der Waals surface area contributed by atoms with Crippen LogP contribution in [-0.4, -0.2) is 0 Å². The van der Waals surface area contributed by atoms with Crippen LogP contribution in [0, 0.1) is 12.7 Å². The van der Waals surface area contributed by atoms with E-state index in [0.717, 1.165) is 28.6 Å². The molecule has 98 valence electrons. The van der Waals surface area contributed by atoms with Crippen molar-refractivity contribution in [3.05, 3.63) is 63.4 Å². The van der Waals surface area contributed by atoms with Crippen LogP contribution in [0.15, 0.2) is 40.9 Å². The highest BCUT2D eigenvalue weighted by Gasteiger charge is 2.23. The van der Waals surface area contributed by atoms with Crippen LogP contribution >= 0.6 is 15.9 Å². The molecule has 0 amide bonds. The number of nitrogens with one attached hydrogen (secondary N) is 1. The van der Waals surface area contributed by atoms with E-state index in [4.69, 9.17) is 0 Å². The molecular formula is C16H15BrFN.